The van der Waals surface area contributed by atoms with Crippen molar-refractivity contribution >= 4 is 23.4 Å². The van der Waals surface area contributed by atoms with Gasteiger partial charge in [0, 0.05) is 24.5 Å². The lowest BCUT2D eigenvalue weighted by atomic mass is 9.87. The van der Waals surface area contributed by atoms with Gasteiger partial charge in [0.2, 0.25) is 0 Å². The molecule has 4 heteroatoms. The van der Waals surface area contributed by atoms with E-state index in [2.05, 4.69) is 17.2 Å². The summed E-state index contributed by atoms with van der Waals surface area (Å²) in [7, 11) is 0. The number of aromatic nitrogens is 1. The Kier molecular flexibility index (Phi) is 5.80. The Balaban J connectivity index is 1.60. The van der Waals surface area contributed by atoms with Gasteiger partial charge in [-0.15, -0.1) is 11.8 Å². The normalized spacial score (nSPS) is 24.1. The standard InChI is InChI=1S/C14H21ClN2S/c1-11-2-5-13(6-3-11)16-8-9-18-14-7-4-12(15)10-17-14/h4,7,10-11,13,16H,2-3,5-6,8-9H2,1H3. The number of nitrogens with zero attached hydrogens (tertiary/aromatic N) is 1. The van der Waals surface area contributed by atoms with E-state index in [9.17, 15) is 0 Å². The van der Waals surface area contributed by atoms with Crippen molar-refractivity contribution < 1.29 is 0 Å². The predicted molar refractivity (Wildman–Crippen MR) is 79.4 cm³/mol. The number of rotatable bonds is 5. The molecule has 1 fully saturated rings. The maximum atomic E-state index is 5.80. The zero-order valence-corrected chi connectivity index (χ0v) is 12.4. The summed E-state index contributed by atoms with van der Waals surface area (Å²) in [6.45, 7) is 3.42. The summed E-state index contributed by atoms with van der Waals surface area (Å²) >= 11 is 7.59. The van der Waals surface area contributed by atoms with Crippen LogP contribution in [0.25, 0.3) is 0 Å². The third-order valence-corrected chi connectivity index (χ3v) is 4.67. The number of thioether (sulfide) groups is 1. The summed E-state index contributed by atoms with van der Waals surface area (Å²) in [4.78, 5) is 4.28. The molecule has 1 heterocycles. The van der Waals surface area contributed by atoms with Crippen molar-refractivity contribution in [3.63, 3.8) is 0 Å². The van der Waals surface area contributed by atoms with Crippen LogP contribution in [0.15, 0.2) is 23.4 Å². The van der Waals surface area contributed by atoms with E-state index in [-0.39, 0.29) is 0 Å². The molecule has 1 aliphatic carbocycles. The molecule has 1 N–H and O–H groups in total. The third-order valence-electron chi connectivity index (χ3n) is 3.50. The van der Waals surface area contributed by atoms with E-state index >= 15 is 0 Å². The van der Waals surface area contributed by atoms with Gasteiger partial charge in [0.1, 0.15) is 0 Å². The van der Waals surface area contributed by atoms with Crippen LogP contribution in [0.3, 0.4) is 0 Å². The highest BCUT2D eigenvalue weighted by Gasteiger charge is 2.16. The number of halogens is 1. The van der Waals surface area contributed by atoms with Gasteiger partial charge >= 0.3 is 0 Å². The highest BCUT2D eigenvalue weighted by Crippen LogP contribution is 2.23. The van der Waals surface area contributed by atoms with E-state index in [1.807, 2.05) is 12.1 Å². The van der Waals surface area contributed by atoms with Gasteiger partial charge in [-0.25, -0.2) is 4.98 Å². The molecule has 0 atom stereocenters. The van der Waals surface area contributed by atoms with Gasteiger partial charge in [-0.05, 0) is 43.7 Å². The van der Waals surface area contributed by atoms with Crippen molar-refractivity contribution in [1.82, 2.24) is 10.3 Å². The van der Waals surface area contributed by atoms with E-state index in [0.717, 1.165) is 29.3 Å². The Hall–Kier alpha value is -0.250. The van der Waals surface area contributed by atoms with Crippen molar-refractivity contribution in [1.29, 1.82) is 0 Å². The van der Waals surface area contributed by atoms with Crippen LogP contribution in [0, 0.1) is 5.92 Å². The highest BCUT2D eigenvalue weighted by atomic mass is 35.5. The fourth-order valence-electron chi connectivity index (χ4n) is 2.33. The maximum Gasteiger partial charge on any atom is 0.0961 e. The first-order valence-electron chi connectivity index (χ1n) is 6.72. The van der Waals surface area contributed by atoms with Gasteiger partial charge in [-0.2, -0.15) is 0 Å². The average molecular weight is 285 g/mol. The summed E-state index contributed by atoms with van der Waals surface area (Å²) < 4.78 is 0. The predicted octanol–water partition coefficient (Wildman–Crippen LogP) is 4.00. The second-order valence-electron chi connectivity index (χ2n) is 5.07. The molecule has 0 bridgehead atoms. The van der Waals surface area contributed by atoms with E-state index in [1.54, 1.807) is 18.0 Å². The average Bonchev–Trinajstić information content (AvgIpc) is 2.39. The molecular formula is C14H21ClN2S. The van der Waals surface area contributed by atoms with Crippen LogP contribution in [-0.2, 0) is 0 Å². The Labute approximate surface area is 119 Å². The summed E-state index contributed by atoms with van der Waals surface area (Å²) in [6.07, 6.45) is 7.14. The molecular weight excluding hydrogens is 264 g/mol. The molecule has 0 amide bonds. The summed E-state index contributed by atoms with van der Waals surface area (Å²) in [6, 6.07) is 4.61. The second-order valence-corrected chi connectivity index (χ2v) is 6.63. The number of hydrogen-bond donors (Lipinski definition) is 1. The van der Waals surface area contributed by atoms with E-state index in [0.29, 0.717) is 5.02 Å². The van der Waals surface area contributed by atoms with Crippen LogP contribution in [0.2, 0.25) is 5.02 Å². The molecule has 0 radical (unpaired) electrons. The van der Waals surface area contributed by atoms with Gasteiger partial charge in [-0.1, -0.05) is 18.5 Å². The van der Waals surface area contributed by atoms with Crippen LogP contribution in [0.5, 0.6) is 0 Å². The van der Waals surface area contributed by atoms with E-state index < -0.39 is 0 Å². The molecule has 1 aromatic heterocycles. The number of pyridine rings is 1. The molecule has 2 rings (SSSR count). The fourth-order valence-corrected chi connectivity index (χ4v) is 3.16. The Morgan fingerprint density at radius 2 is 2.11 bits per heavy atom. The first-order chi connectivity index (χ1) is 8.74. The molecule has 18 heavy (non-hydrogen) atoms. The SMILES string of the molecule is CC1CCC(NCCSc2ccc(Cl)cn2)CC1. The Morgan fingerprint density at radius 3 is 2.78 bits per heavy atom. The van der Waals surface area contributed by atoms with Crippen molar-refractivity contribution in [2.45, 2.75) is 43.7 Å². The minimum Gasteiger partial charge on any atom is -0.313 e. The lowest BCUT2D eigenvalue weighted by Gasteiger charge is -2.26. The van der Waals surface area contributed by atoms with Gasteiger partial charge in [0.15, 0.2) is 0 Å². The van der Waals surface area contributed by atoms with Gasteiger partial charge in [0.05, 0.1) is 10.0 Å². The van der Waals surface area contributed by atoms with Gasteiger partial charge in [-0.3, -0.25) is 0 Å². The van der Waals surface area contributed by atoms with Crippen molar-refractivity contribution in [3.05, 3.63) is 23.4 Å². The second kappa shape index (κ2) is 7.37. The lowest BCUT2D eigenvalue weighted by Crippen LogP contribution is -2.34. The van der Waals surface area contributed by atoms with Crippen LogP contribution in [0.4, 0.5) is 0 Å². The summed E-state index contributed by atoms with van der Waals surface area (Å²) in [5.41, 5.74) is 0. The molecule has 0 aromatic carbocycles. The lowest BCUT2D eigenvalue weighted by molar-refractivity contribution is 0.312. The molecule has 1 aromatic rings. The van der Waals surface area contributed by atoms with Crippen LogP contribution in [0.1, 0.15) is 32.6 Å². The molecule has 100 valence electrons. The minimum atomic E-state index is 0.703. The van der Waals surface area contributed by atoms with Gasteiger partial charge in [0.25, 0.3) is 0 Å². The molecule has 0 aliphatic heterocycles. The number of hydrogen-bond acceptors (Lipinski definition) is 3. The molecule has 0 saturated heterocycles. The monoisotopic (exact) mass is 284 g/mol. The van der Waals surface area contributed by atoms with Gasteiger partial charge < -0.3 is 5.32 Å². The number of nitrogens with one attached hydrogen (secondary N) is 1. The minimum absolute atomic E-state index is 0.703. The van der Waals surface area contributed by atoms with Crippen LogP contribution < -0.4 is 5.32 Å². The maximum absolute atomic E-state index is 5.80. The molecule has 0 unspecified atom stereocenters. The largest absolute Gasteiger partial charge is 0.313 e. The molecule has 1 aliphatic rings. The van der Waals surface area contributed by atoms with E-state index in [4.69, 9.17) is 11.6 Å². The van der Waals surface area contributed by atoms with Crippen LogP contribution >= 0.6 is 23.4 Å². The summed E-state index contributed by atoms with van der Waals surface area (Å²) in [5.74, 6) is 2.00. The fraction of sp³-hybridized carbons (Fsp3) is 0.643. The third kappa shape index (κ3) is 4.79. The van der Waals surface area contributed by atoms with E-state index in [1.165, 1.54) is 25.7 Å². The molecule has 0 spiro atoms. The highest BCUT2D eigenvalue weighted by molar-refractivity contribution is 7.99. The smallest absolute Gasteiger partial charge is 0.0961 e. The van der Waals surface area contributed by atoms with Crippen molar-refractivity contribution in [3.8, 4) is 0 Å². The van der Waals surface area contributed by atoms with Crippen LogP contribution in [-0.4, -0.2) is 23.3 Å². The van der Waals surface area contributed by atoms with Crippen molar-refractivity contribution in [2.75, 3.05) is 12.3 Å². The quantitative estimate of drug-likeness (QED) is 0.654. The Bertz CT molecular complexity index is 347. The molecule has 1 saturated carbocycles. The zero-order chi connectivity index (χ0) is 12.8. The summed E-state index contributed by atoms with van der Waals surface area (Å²) in [5, 5.41) is 5.41. The van der Waals surface area contributed by atoms with Crippen molar-refractivity contribution in [2.24, 2.45) is 5.92 Å². The first-order valence-corrected chi connectivity index (χ1v) is 8.08. The zero-order valence-electron chi connectivity index (χ0n) is 10.9. The Morgan fingerprint density at radius 1 is 1.33 bits per heavy atom. The first kappa shape index (κ1) is 14.2. The topological polar surface area (TPSA) is 24.9 Å². The molecule has 2 nitrogen and oxygen atoms in total.